The largest absolute Gasteiger partial charge is 0.274 e. The molecule has 1 fully saturated rings. The van der Waals surface area contributed by atoms with Crippen LogP contribution in [0, 0.1) is 11.8 Å². The van der Waals surface area contributed by atoms with E-state index in [9.17, 15) is 9.59 Å². The van der Waals surface area contributed by atoms with Gasteiger partial charge in [-0.2, -0.15) is 0 Å². The Morgan fingerprint density at radius 2 is 1.42 bits per heavy atom. The lowest BCUT2D eigenvalue weighted by Crippen LogP contribution is -2.41. The van der Waals surface area contributed by atoms with Crippen molar-refractivity contribution in [1.29, 1.82) is 0 Å². The van der Waals surface area contributed by atoms with E-state index in [1.54, 1.807) is 18.2 Å². The van der Waals surface area contributed by atoms with Gasteiger partial charge in [0.05, 0.1) is 22.5 Å². The van der Waals surface area contributed by atoms with Gasteiger partial charge in [0, 0.05) is 16.9 Å². The van der Waals surface area contributed by atoms with E-state index in [1.165, 1.54) is 21.6 Å². The summed E-state index contributed by atoms with van der Waals surface area (Å²) >= 11 is 12.6. The van der Waals surface area contributed by atoms with Crippen LogP contribution in [-0.2, 0) is 9.59 Å². The average molecular weight is 476 g/mol. The summed E-state index contributed by atoms with van der Waals surface area (Å²) in [6, 6.07) is 19.9. The van der Waals surface area contributed by atoms with Gasteiger partial charge in [0.15, 0.2) is 0 Å². The summed E-state index contributed by atoms with van der Waals surface area (Å²) in [5.74, 6) is -1.09. The normalized spacial score (nSPS) is 25.6. The lowest BCUT2D eigenvalue weighted by Gasteiger charge is -2.46. The number of hydrogen-bond donors (Lipinski definition) is 0. The van der Waals surface area contributed by atoms with Crippen LogP contribution in [0.5, 0.6) is 0 Å². The fourth-order valence-corrected chi connectivity index (χ4v) is 6.55. The van der Waals surface area contributed by atoms with Crippen LogP contribution in [0.3, 0.4) is 0 Å². The first-order chi connectivity index (χ1) is 15.9. The molecule has 1 heterocycles. The first-order valence-electron chi connectivity index (χ1n) is 11.5. The Bertz CT molecular complexity index is 1330. The van der Waals surface area contributed by atoms with Gasteiger partial charge >= 0.3 is 0 Å². The quantitative estimate of drug-likeness (QED) is 0.386. The Morgan fingerprint density at radius 3 is 2.06 bits per heavy atom. The molecule has 1 saturated heterocycles. The number of carbonyl (C=O) groups excluding carboxylic acids is 2. The van der Waals surface area contributed by atoms with E-state index in [2.05, 4.69) is 44.2 Å². The number of anilines is 1. The van der Waals surface area contributed by atoms with Crippen LogP contribution >= 0.6 is 23.2 Å². The van der Waals surface area contributed by atoms with Crippen LogP contribution in [0.1, 0.15) is 65.8 Å². The minimum atomic E-state index is -0.438. The maximum Gasteiger partial charge on any atom is 0.238 e. The fourth-order valence-electron chi connectivity index (χ4n) is 6.18. The third-order valence-electron chi connectivity index (χ3n) is 7.89. The van der Waals surface area contributed by atoms with Gasteiger partial charge in [-0.05, 0) is 58.4 Å². The number of benzene rings is 3. The molecule has 2 bridgehead atoms. The number of carbonyl (C=O) groups is 2. The van der Waals surface area contributed by atoms with Crippen molar-refractivity contribution in [2.24, 2.45) is 11.8 Å². The molecule has 0 spiro atoms. The second kappa shape index (κ2) is 7.44. The Hall–Kier alpha value is -2.62. The molecular formula is C28H23Cl2NO2. The summed E-state index contributed by atoms with van der Waals surface area (Å²) in [6.45, 7) is 4.42. The molecule has 3 aliphatic carbocycles. The predicted octanol–water partition coefficient (Wildman–Crippen LogP) is 6.90. The van der Waals surface area contributed by atoms with Gasteiger partial charge in [-0.1, -0.05) is 79.5 Å². The van der Waals surface area contributed by atoms with Crippen molar-refractivity contribution < 1.29 is 9.59 Å². The standard InChI is InChI=1S/C28H23Cl2NO2/c1-3-14(2)15-8-10-19-20(12-15)24-18-7-5-4-6-17(18)23(19)25-26(24)28(33)31(27(25)32)22-13-16(29)9-11-21(22)30/h4-14,23-26H,3H2,1-2H3/t14-,23-,24-,25-,26+/m0/s1. The molecule has 3 aromatic carbocycles. The first-order valence-corrected chi connectivity index (χ1v) is 12.2. The molecule has 4 aliphatic rings. The highest BCUT2D eigenvalue weighted by molar-refractivity contribution is 6.38. The van der Waals surface area contributed by atoms with Crippen molar-refractivity contribution in [1.82, 2.24) is 0 Å². The van der Waals surface area contributed by atoms with Crippen LogP contribution in [0.2, 0.25) is 10.0 Å². The maximum atomic E-state index is 13.9. The van der Waals surface area contributed by atoms with Crippen molar-refractivity contribution in [2.75, 3.05) is 4.90 Å². The number of nitrogens with zero attached hydrogens (tertiary/aromatic N) is 1. The minimum Gasteiger partial charge on any atom is -0.274 e. The Morgan fingerprint density at radius 1 is 0.818 bits per heavy atom. The fraction of sp³-hybridized carbons (Fsp3) is 0.286. The SMILES string of the molecule is CC[C@H](C)c1ccc2c(c1)[C@@H]1c3ccccc3[C@@H]2[C@@H]2C(=O)N(c3cc(Cl)ccc3Cl)C(=O)[C@H]12. The number of hydrogen-bond acceptors (Lipinski definition) is 2. The zero-order valence-corrected chi connectivity index (χ0v) is 19.9. The first kappa shape index (κ1) is 20.9. The third kappa shape index (κ3) is 2.82. The molecule has 0 saturated carbocycles. The second-order valence-electron chi connectivity index (χ2n) is 9.44. The average Bonchev–Trinajstić information content (AvgIpc) is 3.10. The molecule has 0 unspecified atom stereocenters. The highest BCUT2D eigenvalue weighted by atomic mass is 35.5. The van der Waals surface area contributed by atoms with Crippen molar-refractivity contribution >= 4 is 40.7 Å². The summed E-state index contributed by atoms with van der Waals surface area (Å²) in [4.78, 5) is 29.0. The molecule has 3 aromatic rings. The van der Waals surface area contributed by atoms with E-state index >= 15 is 0 Å². The number of rotatable bonds is 3. The summed E-state index contributed by atoms with van der Waals surface area (Å²) in [5, 5.41) is 0.791. The smallest absolute Gasteiger partial charge is 0.238 e. The Kier molecular flexibility index (Phi) is 4.73. The summed E-state index contributed by atoms with van der Waals surface area (Å²) < 4.78 is 0. The van der Waals surface area contributed by atoms with Gasteiger partial charge in [0.25, 0.3) is 0 Å². The van der Waals surface area contributed by atoms with Crippen LogP contribution in [0.15, 0.2) is 60.7 Å². The van der Waals surface area contributed by atoms with Crippen LogP contribution in [0.4, 0.5) is 5.69 Å². The molecule has 33 heavy (non-hydrogen) atoms. The molecular weight excluding hydrogens is 453 g/mol. The predicted molar refractivity (Wildman–Crippen MR) is 131 cm³/mol. The zero-order chi connectivity index (χ0) is 23.0. The summed E-state index contributed by atoms with van der Waals surface area (Å²) in [6.07, 6.45) is 1.05. The molecule has 2 amide bonds. The van der Waals surface area contributed by atoms with Gasteiger partial charge in [-0.15, -0.1) is 0 Å². The van der Waals surface area contributed by atoms with Crippen LogP contribution < -0.4 is 4.90 Å². The van der Waals surface area contributed by atoms with Crippen molar-refractivity contribution in [3.05, 3.63) is 98.5 Å². The zero-order valence-electron chi connectivity index (χ0n) is 18.4. The molecule has 3 nitrogen and oxygen atoms in total. The van der Waals surface area contributed by atoms with Gasteiger partial charge in [-0.3, -0.25) is 9.59 Å². The van der Waals surface area contributed by atoms with E-state index in [0.717, 1.165) is 17.5 Å². The minimum absolute atomic E-state index is 0.142. The Balaban J connectivity index is 1.56. The van der Waals surface area contributed by atoms with Crippen molar-refractivity contribution in [3.8, 4) is 0 Å². The van der Waals surface area contributed by atoms with Crippen LogP contribution in [-0.4, -0.2) is 11.8 Å². The summed E-state index contributed by atoms with van der Waals surface area (Å²) in [7, 11) is 0. The van der Waals surface area contributed by atoms with Gasteiger partial charge < -0.3 is 0 Å². The van der Waals surface area contributed by atoms with E-state index in [0.29, 0.717) is 21.7 Å². The molecule has 5 atom stereocenters. The monoisotopic (exact) mass is 475 g/mol. The van der Waals surface area contributed by atoms with Crippen LogP contribution in [0.25, 0.3) is 0 Å². The molecule has 1 aliphatic heterocycles. The van der Waals surface area contributed by atoms with Gasteiger partial charge in [-0.25, -0.2) is 4.90 Å². The van der Waals surface area contributed by atoms with Gasteiger partial charge in [0.1, 0.15) is 0 Å². The van der Waals surface area contributed by atoms with E-state index < -0.39 is 11.8 Å². The van der Waals surface area contributed by atoms with Gasteiger partial charge in [0.2, 0.25) is 11.8 Å². The molecule has 0 N–H and O–H groups in total. The Labute approximate surface area is 203 Å². The van der Waals surface area contributed by atoms with Crippen molar-refractivity contribution in [2.45, 2.75) is 38.0 Å². The van der Waals surface area contributed by atoms with E-state index in [1.807, 2.05) is 12.1 Å². The van der Waals surface area contributed by atoms with E-state index in [-0.39, 0.29) is 23.7 Å². The van der Waals surface area contributed by atoms with E-state index in [4.69, 9.17) is 23.2 Å². The number of halogens is 2. The lowest BCUT2D eigenvalue weighted by molar-refractivity contribution is -0.122. The number of imide groups is 1. The maximum absolute atomic E-state index is 13.9. The molecule has 166 valence electrons. The highest BCUT2D eigenvalue weighted by Crippen LogP contribution is 2.61. The lowest BCUT2D eigenvalue weighted by atomic mass is 9.54. The molecule has 5 heteroatoms. The summed E-state index contributed by atoms with van der Waals surface area (Å²) in [5.41, 5.74) is 6.35. The topological polar surface area (TPSA) is 37.4 Å². The molecule has 0 aromatic heterocycles. The van der Waals surface area contributed by atoms with Crippen molar-refractivity contribution in [3.63, 3.8) is 0 Å². The third-order valence-corrected chi connectivity index (χ3v) is 8.45. The second-order valence-corrected chi connectivity index (χ2v) is 10.3. The molecule has 0 radical (unpaired) electrons. The number of amides is 2. The highest BCUT2D eigenvalue weighted by Gasteiger charge is 2.62. The molecule has 7 rings (SSSR count).